The Morgan fingerprint density at radius 1 is 1.44 bits per heavy atom. The Morgan fingerprint density at radius 2 is 2.16 bits per heavy atom. The standard InChI is InChI=1S/C17H17ClFN3O3/c1-8-14-10(4-6-13(14)25-17(20)24)15(22(8)2)16(23)21-9-3-5-12(19)11(18)7-9/h3,5,7,13H,4,6H2,1-2H3,(H2,20,24)(H,21,23). The Balaban J connectivity index is 1.93. The van der Waals surface area contributed by atoms with Crippen molar-refractivity contribution in [2.45, 2.75) is 25.9 Å². The van der Waals surface area contributed by atoms with Gasteiger partial charge in [-0.15, -0.1) is 0 Å². The van der Waals surface area contributed by atoms with Crippen molar-refractivity contribution in [1.29, 1.82) is 0 Å². The zero-order valence-corrected chi connectivity index (χ0v) is 14.5. The summed E-state index contributed by atoms with van der Waals surface area (Å²) in [6.45, 7) is 1.85. The maximum Gasteiger partial charge on any atom is 0.405 e. The molecular weight excluding hydrogens is 349 g/mol. The fraction of sp³-hybridized carbons (Fsp3) is 0.294. The van der Waals surface area contributed by atoms with Crippen LogP contribution in [-0.2, 0) is 18.2 Å². The molecule has 0 saturated carbocycles. The molecule has 1 aromatic heterocycles. The third-order valence-electron chi connectivity index (χ3n) is 4.47. The molecule has 0 radical (unpaired) electrons. The van der Waals surface area contributed by atoms with Gasteiger partial charge in [0.15, 0.2) is 0 Å². The minimum absolute atomic E-state index is 0.0685. The number of hydrogen-bond donors (Lipinski definition) is 2. The molecule has 3 rings (SSSR count). The van der Waals surface area contributed by atoms with Gasteiger partial charge >= 0.3 is 6.09 Å². The maximum absolute atomic E-state index is 13.3. The Hall–Kier alpha value is -2.54. The predicted octanol–water partition coefficient (Wildman–Crippen LogP) is 3.46. The van der Waals surface area contributed by atoms with Crippen molar-refractivity contribution in [3.63, 3.8) is 0 Å². The molecular formula is C17H17ClFN3O3. The number of carbonyl (C=O) groups excluding carboxylic acids is 2. The van der Waals surface area contributed by atoms with E-state index in [9.17, 15) is 14.0 Å². The van der Waals surface area contributed by atoms with E-state index in [-0.39, 0.29) is 10.9 Å². The molecule has 0 spiro atoms. The molecule has 25 heavy (non-hydrogen) atoms. The fourth-order valence-corrected chi connectivity index (χ4v) is 3.49. The summed E-state index contributed by atoms with van der Waals surface area (Å²) in [5.74, 6) is -0.893. The number of nitrogens with zero attached hydrogens (tertiary/aromatic N) is 1. The van der Waals surface area contributed by atoms with Crippen LogP contribution in [0.2, 0.25) is 5.02 Å². The van der Waals surface area contributed by atoms with Gasteiger partial charge in [0.2, 0.25) is 0 Å². The summed E-state index contributed by atoms with van der Waals surface area (Å²) >= 11 is 5.75. The number of halogens is 2. The minimum Gasteiger partial charge on any atom is -0.441 e. The highest BCUT2D eigenvalue weighted by Gasteiger charge is 2.34. The van der Waals surface area contributed by atoms with E-state index in [4.69, 9.17) is 22.1 Å². The van der Waals surface area contributed by atoms with Gasteiger partial charge in [-0.1, -0.05) is 11.6 Å². The number of fused-ring (bicyclic) bond motifs is 1. The highest BCUT2D eigenvalue weighted by atomic mass is 35.5. The van der Waals surface area contributed by atoms with Gasteiger partial charge in [0.25, 0.3) is 5.91 Å². The van der Waals surface area contributed by atoms with Crippen LogP contribution in [0.5, 0.6) is 0 Å². The molecule has 1 aliphatic carbocycles. The number of hydrogen-bond acceptors (Lipinski definition) is 3. The van der Waals surface area contributed by atoms with Crippen LogP contribution in [0.4, 0.5) is 14.9 Å². The van der Waals surface area contributed by atoms with Crippen molar-refractivity contribution in [1.82, 2.24) is 4.57 Å². The van der Waals surface area contributed by atoms with Gasteiger partial charge in [0.05, 0.1) is 5.02 Å². The summed E-state index contributed by atoms with van der Waals surface area (Å²) in [6, 6.07) is 3.98. The van der Waals surface area contributed by atoms with Crippen LogP contribution >= 0.6 is 11.6 Å². The molecule has 2 amide bonds. The van der Waals surface area contributed by atoms with Crippen LogP contribution < -0.4 is 11.1 Å². The largest absolute Gasteiger partial charge is 0.441 e. The van der Waals surface area contributed by atoms with E-state index in [1.807, 2.05) is 6.92 Å². The predicted molar refractivity (Wildman–Crippen MR) is 91.2 cm³/mol. The molecule has 1 atom stereocenters. The monoisotopic (exact) mass is 365 g/mol. The lowest BCUT2D eigenvalue weighted by molar-refractivity contribution is 0.101. The molecule has 1 unspecified atom stereocenters. The molecule has 0 aliphatic heterocycles. The summed E-state index contributed by atoms with van der Waals surface area (Å²) < 4.78 is 20.2. The van der Waals surface area contributed by atoms with Crippen LogP contribution in [0.15, 0.2) is 18.2 Å². The Morgan fingerprint density at radius 3 is 2.80 bits per heavy atom. The fourth-order valence-electron chi connectivity index (χ4n) is 3.31. The first-order valence-corrected chi connectivity index (χ1v) is 8.08. The lowest BCUT2D eigenvalue weighted by Gasteiger charge is -2.12. The van der Waals surface area contributed by atoms with E-state index in [1.54, 1.807) is 11.6 Å². The number of nitrogens with one attached hydrogen (secondary N) is 1. The van der Waals surface area contributed by atoms with E-state index in [1.165, 1.54) is 18.2 Å². The molecule has 1 aliphatic rings. The van der Waals surface area contributed by atoms with Crippen LogP contribution in [0, 0.1) is 12.7 Å². The zero-order valence-electron chi connectivity index (χ0n) is 13.7. The van der Waals surface area contributed by atoms with Gasteiger partial charge in [-0.2, -0.15) is 0 Å². The number of rotatable bonds is 3. The number of primary amides is 1. The van der Waals surface area contributed by atoms with Crippen molar-refractivity contribution >= 4 is 29.3 Å². The van der Waals surface area contributed by atoms with E-state index >= 15 is 0 Å². The van der Waals surface area contributed by atoms with Gasteiger partial charge in [-0.3, -0.25) is 4.79 Å². The van der Waals surface area contributed by atoms with Gasteiger partial charge in [0.1, 0.15) is 17.6 Å². The SMILES string of the molecule is Cc1c2c(c(C(=O)Nc3ccc(F)c(Cl)c3)n1C)CCC2OC(N)=O. The number of aromatic nitrogens is 1. The summed E-state index contributed by atoms with van der Waals surface area (Å²) in [5.41, 5.74) is 8.48. The second-order valence-corrected chi connectivity index (χ2v) is 6.34. The molecule has 3 N–H and O–H groups in total. The highest BCUT2D eigenvalue weighted by molar-refractivity contribution is 6.31. The summed E-state index contributed by atoms with van der Waals surface area (Å²) in [5, 5.41) is 2.65. The van der Waals surface area contributed by atoms with Crippen LogP contribution in [0.1, 0.15) is 39.8 Å². The quantitative estimate of drug-likeness (QED) is 0.873. The molecule has 0 saturated heterocycles. The van der Waals surface area contributed by atoms with Crippen molar-refractivity contribution in [3.05, 3.63) is 51.6 Å². The zero-order chi connectivity index (χ0) is 18.3. The second-order valence-electron chi connectivity index (χ2n) is 5.93. The minimum atomic E-state index is -0.840. The van der Waals surface area contributed by atoms with Crippen molar-refractivity contribution < 1.29 is 18.7 Å². The lowest BCUT2D eigenvalue weighted by atomic mass is 10.1. The van der Waals surface area contributed by atoms with E-state index in [2.05, 4.69) is 5.32 Å². The number of benzene rings is 1. The van der Waals surface area contributed by atoms with Crippen molar-refractivity contribution in [3.8, 4) is 0 Å². The van der Waals surface area contributed by atoms with Gasteiger partial charge in [-0.25, -0.2) is 9.18 Å². The average Bonchev–Trinajstić information content (AvgIpc) is 3.03. The number of anilines is 1. The van der Waals surface area contributed by atoms with E-state index < -0.39 is 18.0 Å². The molecule has 0 fully saturated rings. The number of nitrogens with two attached hydrogens (primary N) is 1. The molecule has 1 aromatic carbocycles. The second kappa shape index (κ2) is 6.40. The summed E-state index contributed by atoms with van der Waals surface area (Å²) in [7, 11) is 1.77. The Labute approximate surface area is 148 Å². The van der Waals surface area contributed by atoms with Crippen LogP contribution in [-0.4, -0.2) is 16.6 Å². The third kappa shape index (κ3) is 3.07. The molecule has 0 bridgehead atoms. The molecule has 6 nitrogen and oxygen atoms in total. The normalized spacial score (nSPS) is 15.8. The average molecular weight is 366 g/mol. The maximum atomic E-state index is 13.3. The van der Waals surface area contributed by atoms with Gasteiger partial charge in [0, 0.05) is 24.0 Å². The molecule has 8 heteroatoms. The first-order valence-electron chi connectivity index (χ1n) is 7.70. The topological polar surface area (TPSA) is 86.3 Å². The first kappa shape index (κ1) is 17.3. The van der Waals surface area contributed by atoms with Crippen LogP contribution in [0.3, 0.4) is 0 Å². The third-order valence-corrected chi connectivity index (χ3v) is 4.76. The molecule has 2 aromatic rings. The van der Waals surface area contributed by atoms with Gasteiger partial charge < -0.3 is 20.4 Å². The van der Waals surface area contributed by atoms with E-state index in [0.717, 1.165) is 16.8 Å². The highest BCUT2D eigenvalue weighted by Crippen LogP contribution is 2.40. The summed E-state index contributed by atoms with van der Waals surface area (Å²) in [6.07, 6.45) is -0.103. The van der Waals surface area contributed by atoms with Crippen LogP contribution in [0.25, 0.3) is 0 Å². The van der Waals surface area contributed by atoms with Crippen molar-refractivity contribution in [2.75, 3.05) is 5.32 Å². The van der Waals surface area contributed by atoms with E-state index in [0.29, 0.717) is 24.2 Å². The van der Waals surface area contributed by atoms with Crippen molar-refractivity contribution in [2.24, 2.45) is 12.8 Å². The summed E-state index contributed by atoms with van der Waals surface area (Å²) in [4.78, 5) is 23.8. The first-order chi connectivity index (χ1) is 11.8. The number of carbonyl (C=O) groups is 2. The van der Waals surface area contributed by atoms with Gasteiger partial charge in [-0.05, 0) is 43.5 Å². The molecule has 132 valence electrons. The smallest absolute Gasteiger partial charge is 0.405 e. The Bertz CT molecular complexity index is 879. The lowest BCUT2D eigenvalue weighted by Crippen LogP contribution is -2.18. The number of amides is 2. The Kier molecular flexibility index (Phi) is 4.43. The molecule has 1 heterocycles. The number of ether oxygens (including phenoxy) is 1.